The Morgan fingerprint density at radius 1 is 1.17 bits per heavy atom. The lowest BCUT2D eigenvalue weighted by atomic mass is 9.73. The third-order valence-electron chi connectivity index (χ3n) is 3.30. The molecule has 1 aliphatic heterocycles. The van der Waals surface area contributed by atoms with Gasteiger partial charge in [-0.05, 0) is 12.0 Å². The van der Waals surface area contributed by atoms with Crippen molar-refractivity contribution in [1.82, 2.24) is 5.32 Å². The first-order valence-corrected chi connectivity index (χ1v) is 5.93. The highest BCUT2D eigenvalue weighted by Crippen LogP contribution is 2.32. The molecule has 5 heteroatoms. The minimum atomic E-state index is -4.24. The van der Waals surface area contributed by atoms with Crippen LogP contribution in [0.15, 0.2) is 30.3 Å². The maximum atomic E-state index is 12.0. The van der Waals surface area contributed by atoms with Gasteiger partial charge in [0.25, 0.3) is 0 Å². The van der Waals surface area contributed by atoms with E-state index in [2.05, 4.69) is 5.32 Å². The van der Waals surface area contributed by atoms with Crippen LogP contribution in [0, 0.1) is 0 Å². The van der Waals surface area contributed by atoms with Gasteiger partial charge in [0.05, 0.1) is 0 Å². The number of nitrogens with one attached hydrogen (secondary N) is 1. The van der Waals surface area contributed by atoms with Crippen LogP contribution in [0.4, 0.5) is 13.2 Å². The number of rotatable bonds is 5. The van der Waals surface area contributed by atoms with Crippen molar-refractivity contribution in [3.8, 4) is 0 Å². The van der Waals surface area contributed by atoms with Crippen LogP contribution >= 0.6 is 0 Å². The van der Waals surface area contributed by atoms with E-state index in [1.54, 1.807) is 0 Å². The van der Waals surface area contributed by atoms with Crippen molar-refractivity contribution < 1.29 is 17.9 Å². The number of halogens is 3. The van der Waals surface area contributed by atoms with E-state index >= 15 is 0 Å². The van der Waals surface area contributed by atoms with Crippen LogP contribution in [0.25, 0.3) is 0 Å². The zero-order valence-electron chi connectivity index (χ0n) is 9.96. The second-order valence-electron chi connectivity index (χ2n) is 4.67. The molecule has 1 aliphatic rings. The third-order valence-corrected chi connectivity index (χ3v) is 3.30. The van der Waals surface area contributed by atoms with Crippen molar-refractivity contribution in [3.05, 3.63) is 35.9 Å². The van der Waals surface area contributed by atoms with Crippen LogP contribution in [-0.2, 0) is 10.2 Å². The fraction of sp³-hybridized carbons (Fsp3) is 0.538. The van der Waals surface area contributed by atoms with Gasteiger partial charge >= 0.3 is 6.18 Å². The third kappa shape index (κ3) is 3.23. The predicted octanol–water partition coefficient (Wildman–Crippen LogP) is 2.50. The van der Waals surface area contributed by atoms with Crippen LogP contribution < -0.4 is 5.32 Å². The molecule has 0 unspecified atom stereocenters. The van der Waals surface area contributed by atoms with Gasteiger partial charge < -0.3 is 10.1 Å². The Hall–Kier alpha value is -1.07. The molecular weight excluding hydrogens is 243 g/mol. The lowest BCUT2D eigenvalue weighted by Gasteiger charge is -2.43. The Morgan fingerprint density at radius 2 is 1.83 bits per heavy atom. The van der Waals surface area contributed by atoms with E-state index in [0.717, 1.165) is 13.1 Å². The number of hydrogen-bond acceptors (Lipinski definition) is 2. The molecule has 1 fully saturated rings. The highest BCUT2D eigenvalue weighted by Gasteiger charge is 2.38. The summed E-state index contributed by atoms with van der Waals surface area (Å²) in [6.45, 7) is 0.570. The smallest absolute Gasteiger partial charge is 0.372 e. The SMILES string of the molecule is FC(F)(F)COCCC1(c2ccccc2)CNC1. The summed E-state index contributed by atoms with van der Waals surface area (Å²) in [7, 11) is 0. The molecule has 0 atom stereocenters. The van der Waals surface area contributed by atoms with Gasteiger partial charge in [0.15, 0.2) is 0 Å². The predicted molar refractivity (Wildman–Crippen MR) is 62.5 cm³/mol. The molecule has 1 aromatic carbocycles. The van der Waals surface area contributed by atoms with Gasteiger partial charge in [0, 0.05) is 25.1 Å². The number of alkyl halides is 3. The highest BCUT2D eigenvalue weighted by atomic mass is 19.4. The van der Waals surface area contributed by atoms with Crippen molar-refractivity contribution in [3.63, 3.8) is 0 Å². The van der Waals surface area contributed by atoms with Crippen LogP contribution in [0.1, 0.15) is 12.0 Å². The molecule has 100 valence electrons. The normalized spacial score (nSPS) is 18.4. The van der Waals surface area contributed by atoms with Crippen LogP contribution in [-0.4, -0.2) is 32.5 Å². The Morgan fingerprint density at radius 3 is 2.33 bits per heavy atom. The molecule has 1 saturated heterocycles. The molecule has 2 nitrogen and oxygen atoms in total. The first-order chi connectivity index (χ1) is 8.52. The van der Waals surface area contributed by atoms with Gasteiger partial charge in [-0.2, -0.15) is 13.2 Å². The monoisotopic (exact) mass is 259 g/mol. The molecule has 0 bridgehead atoms. The van der Waals surface area contributed by atoms with Crippen molar-refractivity contribution >= 4 is 0 Å². The summed E-state index contributed by atoms with van der Waals surface area (Å²) in [5, 5.41) is 3.18. The number of ether oxygens (including phenoxy) is 1. The van der Waals surface area contributed by atoms with E-state index in [0.29, 0.717) is 6.42 Å². The van der Waals surface area contributed by atoms with Crippen molar-refractivity contribution in [2.75, 3.05) is 26.3 Å². The standard InChI is InChI=1S/C13H16F3NO/c14-13(15,16)10-18-7-6-12(8-17-9-12)11-4-2-1-3-5-11/h1-5,17H,6-10H2. The maximum absolute atomic E-state index is 12.0. The molecule has 1 heterocycles. The molecule has 0 radical (unpaired) electrons. The second kappa shape index (κ2) is 5.28. The molecule has 18 heavy (non-hydrogen) atoms. The van der Waals surface area contributed by atoms with Gasteiger partial charge in [0.1, 0.15) is 6.61 Å². The Labute approximate surface area is 104 Å². The largest absolute Gasteiger partial charge is 0.411 e. The molecule has 1 aromatic rings. The molecule has 2 rings (SSSR count). The first kappa shape index (κ1) is 13.4. The van der Waals surface area contributed by atoms with Crippen LogP contribution in [0.3, 0.4) is 0 Å². The van der Waals surface area contributed by atoms with E-state index in [-0.39, 0.29) is 12.0 Å². The molecule has 0 spiro atoms. The highest BCUT2D eigenvalue weighted by molar-refractivity contribution is 5.29. The summed E-state index contributed by atoms with van der Waals surface area (Å²) < 4.78 is 40.6. The lowest BCUT2D eigenvalue weighted by Crippen LogP contribution is -2.57. The van der Waals surface area contributed by atoms with Crippen LogP contribution in [0.5, 0.6) is 0 Å². The summed E-state index contributed by atoms with van der Waals surface area (Å²) in [6, 6.07) is 9.87. The zero-order valence-corrected chi connectivity index (χ0v) is 9.96. The van der Waals surface area contributed by atoms with Crippen molar-refractivity contribution in [1.29, 1.82) is 0 Å². The van der Waals surface area contributed by atoms with Gasteiger partial charge in [0.2, 0.25) is 0 Å². The van der Waals surface area contributed by atoms with Gasteiger partial charge in [-0.15, -0.1) is 0 Å². The minimum absolute atomic E-state index is 0.0626. The summed E-state index contributed by atoms with van der Waals surface area (Å²) in [4.78, 5) is 0. The van der Waals surface area contributed by atoms with Crippen LogP contribution in [0.2, 0.25) is 0 Å². The maximum Gasteiger partial charge on any atom is 0.411 e. The van der Waals surface area contributed by atoms with E-state index in [4.69, 9.17) is 4.74 Å². The zero-order chi connectivity index (χ0) is 13.1. The number of hydrogen-bond donors (Lipinski definition) is 1. The molecular formula is C13H16F3NO. The summed E-state index contributed by atoms with van der Waals surface area (Å²) >= 11 is 0. The quantitative estimate of drug-likeness (QED) is 0.820. The summed E-state index contributed by atoms with van der Waals surface area (Å²) in [6.07, 6.45) is -3.63. The Kier molecular flexibility index (Phi) is 3.92. The molecule has 1 N–H and O–H groups in total. The van der Waals surface area contributed by atoms with Gasteiger partial charge in [-0.1, -0.05) is 30.3 Å². The van der Waals surface area contributed by atoms with Crippen molar-refractivity contribution in [2.24, 2.45) is 0 Å². The average molecular weight is 259 g/mol. The van der Waals surface area contributed by atoms with E-state index in [9.17, 15) is 13.2 Å². The van der Waals surface area contributed by atoms with E-state index in [1.807, 2.05) is 30.3 Å². The van der Waals surface area contributed by atoms with Crippen molar-refractivity contribution in [2.45, 2.75) is 18.0 Å². The summed E-state index contributed by atoms with van der Waals surface area (Å²) in [5.74, 6) is 0. The average Bonchev–Trinajstić information content (AvgIpc) is 2.27. The molecule has 0 aromatic heterocycles. The molecule has 0 aliphatic carbocycles. The first-order valence-electron chi connectivity index (χ1n) is 5.93. The lowest BCUT2D eigenvalue weighted by molar-refractivity contribution is -0.175. The van der Waals surface area contributed by atoms with E-state index < -0.39 is 12.8 Å². The number of benzene rings is 1. The fourth-order valence-electron chi connectivity index (χ4n) is 2.20. The second-order valence-corrected chi connectivity index (χ2v) is 4.67. The fourth-order valence-corrected chi connectivity index (χ4v) is 2.20. The topological polar surface area (TPSA) is 21.3 Å². The van der Waals surface area contributed by atoms with Gasteiger partial charge in [-0.3, -0.25) is 0 Å². The Balaban J connectivity index is 1.86. The summed E-state index contributed by atoms with van der Waals surface area (Å²) in [5.41, 5.74) is 1.10. The van der Waals surface area contributed by atoms with Gasteiger partial charge in [-0.25, -0.2) is 0 Å². The Bertz CT molecular complexity index is 374. The van der Waals surface area contributed by atoms with E-state index in [1.165, 1.54) is 5.56 Å². The molecule has 0 amide bonds. The minimum Gasteiger partial charge on any atom is -0.372 e. The molecule has 0 saturated carbocycles.